The van der Waals surface area contributed by atoms with Crippen molar-refractivity contribution in [2.45, 2.75) is 13.0 Å². The van der Waals surface area contributed by atoms with Crippen molar-refractivity contribution in [2.24, 2.45) is 0 Å². The summed E-state index contributed by atoms with van der Waals surface area (Å²) in [5.74, 6) is 0. The number of para-hydroxylation sites is 1. The lowest BCUT2D eigenvalue weighted by Crippen LogP contribution is -2.18. The van der Waals surface area contributed by atoms with Gasteiger partial charge in [0, 0.05) is 16.7 Å². The van der Waals surface area contributed by atoms with Gasteiger partial charge in [-0.15, -0.1) is 0 Å². The normalized spacial score (nSPS) is 10.1. The summed E-state index contributed by atoms with van der Waals surface area (Å²) in [6, 6.07) is 17.9. The summed E-state index contributed by atoms with van der Waals surface area (Å²) in [5, 5.41) is 18.0. The lowest BCUT2D eigenvalue weighted by molar-refractivity contribution is 0.282. The number of aliphatic hydroxyl groups excluding tert-OH is 1. The Morgan fingerprint density at radius 2 is 1.90 bits per heavy atom. The molecule has 2 aromatic carbocycles. The summed E-state index contributed by atoms with van der Waals surface area (Å²) < 4.78 is 0.908. The fourth-order valence-corrected chi connectivity index (χ4v) is 2.67. The van der Waals surface area contributed by atoms with E-state index >= 15 is 0 Å². The molecule has 0 radical (unpaired) electrons. The van der Waals surface area contributed by atoms with Crippen LogP contribution in [0.25, 0.3) is 0 Å². The molecule has 0 amide bonds. The Kier molecular flexibility index (Phi) is 5.16. The Balaban J connectivity index is 2.39. The monoisotopic (exact) mass is 330 g/mol. The summed E-state index contributed by atoms with van der Waals surface area (Å²) in [6.45, 7) is 0.639. The molecular formula is C16H15BrN2O. The number of nitriles is 1. The van der Waals surface area contributed by atoms with Gasteiger partial charge in [0.05, 0.1) is 24.8 Å². The van der Waals surface area contributed by atoms with Crippen LogP contribution in [0, 0.1) is 11.3 Å². The van der Waals surface area contributed by atoms with Crippen molar-refractivity contribution in [2.75, 3.05) is 11.4 Å². The second-order valence-corrected chi connectivity index (χ2v) is 5.19. The van der Waals surface area contributed by atoms with Crippen LogP contribution in [0.15, 0.2) is 53.0 Å². The zero-order valence-corrected chi connectivity index (χ0v) is 12.5. The second kappa shape index (κ2) is 7.09. The van der Waals surface area contributed by atoms with Gasteiger partial charge in [0.15, 0.2) is 0 Å². The number of hydrogen-bond donors (Lipinski definition) is 1. The van der Waals surface area contributed by atoms with Crippen molar-refractivity contribution >= 4 is 27.3 Å². The molecule has 102 valence electrons. The van der Waals surface area contributed by atoms with Gasteiger partial charge in [-0.05, 0) is 45.8 Å². The minimum Gasteiger partial charge on any atom is -0.392 e. The van der Waals surface area contributed by atoms with E-state index in [1.807, 2.05) is 48.5 Å². The van der Waals surface area contributed by atoms with Gasteiger partial charge in [-0.1, -0.05) is 24.3 Å². The molecule has 0 aliphatic rings. The first-order chi connectivity index (χ1) is 9.76. The number of benzene rings is 2. The predicted molar refractivity (Wildman–Crippen MR) is 83.7 cm³/mol. The van der Waals surface area contributed by atoms with Crippen LogP contribution in [0.4, 0.5) is 11.4 Å². The number of halogens is 1. The maximum absolute atomic E-state index is 9.17. The third-order valence-corrected chi connectivity index (χ3v) is 3.64. The number of rotatable bonds is 5. The van der Waals surface area contributed by atoms with Crippen molar-refractivity contribution in [3.8, 4) is 6.07 Å². The first kappa shape index (κ1) is 14.6. The van der Waals surface area contributed by atoms with Crippen LogP contribution in [0.3, 0.4) is 0 Å². The number of hydrogen-bond acceptors (Lipinski definition) is 3. The minimum absolute atomic E-state index is 0.0163. The molecular weight excluding hydrogens is 316 g/mol. The third-order valence-electron chi connectivity index (χ3n) is 3.00. The number of anilines is 2. The van der Waals surface area contributed by atoms with E-state index in [0.29, 0.717) is 13.0 Å². The summed E-state index contributed by atoms with van der Waals surface area (Å²) in [6.07, 6.45) is 0.448. The van der Waals surface area contributed by atoms with E-state index in [1.54, 1.807) is 0 Å². The average molecular weight is 331 g/mol. The Morgan fingerprint density at radius 1 is 1.15 bits per heavy atom. The van der Waals surface area contributed by atoms with E-state index in [0.717, 1.165) is 21.4 Å². The molecule has 2 aromatic rings. The van der Waals surface area contributed by atoms with Crippen molar-refractivity contribution in [1.29, 1.82) is 5.26 Å². The largest absolute Gasteiger partial charge is 0.392 e. The van der Waals surface area contributed by atoms with Gasteiger partial charge in [-0.2, -0.15) is 5.26 Å². The standard InChI is InChI=1S/C16H15BrN2O/c17-15-11-13(12-20)7-8-16(15)19(10-4-9-18)14-5-2-1-3-6-14/h1-3,5-8,11,20H,4,10,12H2. The van der Waals surface area contributed by atoms with E-state index in [1.165, 1.54) is 0 Å². The number of nitrogens with zero attached hydrogens (tertiary/aromatic N) is 2. The average Bonchev–Trinajstić information content (AvgIpc) is 2.50. The summed E-state index contributed by atoms with van der Waals surface area (Å²) in [4.78, 5) is 2.09. The maximum Gasteiger partial charge on any atom is 0.0682 e. The van der Waals surface area contributed by atoms with Crippen LogP contribution in [-0.2, 0) is 6.61 Å². The molecule has 3 nitrogen and oxygen atoms in total. The van der Waals surface area contributed by atoms with Crippen LogP contribution < -0.4 is 4.90 Å². The molecule has 0 aliphatic carbocycles. The topological polar surface area (TPSA) is 47.3 Å². The lowest BCUT2D eigenvalue weighted by atomic mass is 10.1. The summed E-state index contributed by atoms with van der Waals surface area (Å²) in [5.41, 5.74) is 2.89. The molecule has 20 heavy (non-hydrogen) atoms. The Morgan fingerprint density at radius 3 is 2.50 bits per heavy atom. The quantitative estimate of drug-likeness (QED) is 0.901. The van der Waals surface area contributed by atoms with E-state index in [4.69, 9.17) is 5.26 Å². The fraction of sp³-hybridized carbons (Fsp3) is 0.188. The van der Waals surface area contributed by atoms with E-state index < -0.39 is 0 Å². The van der Waals surface area contributed by atoms with Gasteiger partial charge in [0.25, 0.3) is 0 Å². The molecule has 0 heterocycles. The minimum atomic E-state index is 0.0163. The molecule has 0 bridgehead atoms. The van der Waals surface area contributed by atoms with Crippen molar-refractivity contribution < 1.29 is 5.11 Å². The Bertz CT molecular complexity index is 608. The second-order valence-electron chi connectivity index (χ2n) is 4.34. The highest BCUT2D eigenvalue weighted by Crippen LogP contribution is 2.33. The highest BCUT2D eigenvalue weighted by molar-refractivity contribution is 9.10. The molecule has 1 N–H and O–H groups in total. The molecule has 0 unspecified atom stereocenters. The van der Waals surface area contributed by atoms with E-state index in [-0.39, 0.29) is 6.61 Å². The summed E-state index contributed by atoms with van der Waals surface area (Å²) >= 11 is 3.54. The zero-order chi connectivity index (χ0) is 14.4. The molecule has 0 spiro atoms. The zero-order valence-electron chi connectivity index (χ0n) is 11.0. The van der Waals surface area contributed by atoms with Gasteiger partial charge in [0.1, 0.15) is 0 Å². The fourth-order valence-electron chi connectivity index (χ4n) is 2.03. The number of aliphatic hydroxyl groups is 1. The van der Waals surface area contributed by atoms with Crippen LogP contribution >= 0.6 is 15.9 Å². The van der Waals surface area contributed by atoms with Gasteiger partial charge >= 0.3 is 0 Å². The van der Waals surface area contributed by atoms with Crippen LogP contribution in [0.2, 0.25) is 0 Å². The molecule has 0 fully saturated rings. The Hall–Kier alpha value is -1.83. The SMILES string of the molecule is N#CCCN(c1ccccc1)c1ccc(CO)cc1Br. The van der Waals surface area contributed by atoms with Crippen molar-refractivity contribution in [3.05, 3.63) is 58.6 Å². The van der Waals surface area contributed by atoms with Gasteiger partial charge in [-0.25, -0.2) is 0 Å². The highest BCUT2D eigenvalue weighted by atomic mass is 79.9. The predicted octanol–water partition coefficient (Wildman–Crippen LogP) is 3.99. The van der Waals surface area contributed by atoms with Crippen LogP contribution in [0.5, 0.6) is 0 Å². The van der Waals surface area contributed by atoms with E-state index in [9.17, 15) is 5.11 Å². The first-order valence-corrected chi connectivity index (χ1v) is 7.14. The maximum atomic E-state index is 9.17. The smallest absolute Gasteiger partial charge is 0.0682 e. The molecule has 4 heteroatoms. The highest BCUT2D eigenvalue weighted by Gasteiger charge is 2.12. The van der Waals surface area contributed by atoms with Gasteiger partial charge in [0.2, 0.25) is 0 Å². The first-order valence-electron chi connectivity index (χ1n) is 6.35. The van der Waals surface area contributed by atoms with Crippen molar-refractivity contribution in [3.63, 3.8) is 0 Å². The molecule has 0 aliphatic heterocycles. The van der Waals surface area contributed by atoms with Crippen LogP contribution in [-0.4, -0.2) is 11.7 Å². The lowest BCUT2D eigenvalue weighted by Gasteiger charge is -2.25. The molecule has 0 saturated carbocycles. The molecule has 0 aromatic heterocycles. The molecule has 0 saturated heterocycles. The van der Waals surface area contributed by atoms with Crippen LogP contribution in [0.1, 0.15) is 12.0 Å². The van der Waals surface area contributed by atoms with Gasteiger partial charge in [-0.3, -0.25) is 0 Å². The Labute approximate surface area is 127 Å². The third kappa shape index (κ3) is 3.38. The summed E-state index contributed by atoms with van der Waals surface area (Å²) in [7, 11) is 0. The molecule has 0 atom stereocenters. The van der Waals surface area contributed by atoms with Gasteiger partial charge < -0.3 is 10.0 Å². The molecule has 2 rings (SSSR count). The van der Waals surface area contributed by atoms with E-state index in [2.05, 4.69) is 26.9 Å². The van der Waals surface area contributed by atoms with Crippen molar-refractivity contribution in [1.82, 2.24) is 0 Å².